The van der Waals surface area contributed by atoms with Crippen molar-refractivity contribution in [1.29, 1.82) is 0 Å². The molecule has 18 heavy (non-hydrogen) atoms. The second kappa shape index (κ2) is 4.89. The average molecular weight is 243 g/mol. The molecule has 0 aliphatic heterocycles. The largest absolute Gasteiger partial charge is 0.504 e. The molecule has 0 aliphatic rings. The predicted molar refractivity (Wildman–Crippen MR) is 67.5 cm³/mol. The number of ketones is 1. The van der Waals surface area contributed by atoms with Gasteiger partial charge in [0.25, 0.3) is 0 Å². The lowest BCUT2D eigenvalue weighted by Crippen LogP contribution is -2.08. The molecule has 4 N–H and O–H groups in total. The normalized spacial score (nSPS) is 10.3. The first-order valence-electron chi connectivity index (χ1n) is 5.48. The van der Waals surface area contributed by atoms with Gasteiger partial charge in [0.05, 0.1) is 5.56 Å². The second-order valence-electron chi connectivity index (χ2n) is 3.86. The summed E-state index contributed by atoms with van der Waals surface area (Å²) in [5, 5.41) is 19.1. The molecule has 0 bridgehead atoms. The van der Waals surface area contributed by atoms with Gasteiger partial charge in [-0.3, -0.25) is 4.79 Å². The summed E-state index contributed by atoms with van der Waals surface area (Å²) in [7, 11) is 0. The van der Waals surface area contributed by atoms with E-state index in [-0.39, 0.29) is 23.6 Å². The van der Waals surface area contributed by atoms with Crippen LogP contribution in [0, 0.1) is 0 Å². The Kier molecular flexibility index (Phi) is 3.30. The fourth-order valence-electron chi connectivity index (χ4n) is 1.78. The first-order valence-corrected chi connectivity index (χ1v) is 5.48. The van der Waals surface area contributed by atoms with Crippen molar-refractivity contribution < 1.29 is 15.0 Å². The van der Waals surface area contributed by atoms with Crippen LogP contribution in [-0.4, -0.2) is 16.0 Å². The Morgan fingerprint density at radius 1 is 1.00 bits per heavy atom. The number of phenolic OH excluding ortho intramolecular Hbond substituents is 2. The van der Waals surface area contributed by atoms with E-state index in [1.807, 2.05) is 0 Å². The van der Waals surface area contributed by atoms with Gasteiger partial charge in [-0.1, -0.05) is 30.3 Å². The number of benzene rings is 2. The highest BCUT2D eigenvalue weighted by Gasteiger charge is 2.17. The molecule has 2 rings (SSSR count). The van der Waals surface area contributed by atoms with Crippen molar-refractivity contribution in [2.24, 2.45) is 5.73 Å². The summed E-state index contributed by atoms with van der Waals surface area (Å²) in [6, 6.07) is 11.2. The molecule has 2 aromatic rings. The number of hydrogen-bond acceptors (Lipinski definition) is 4. The highest BCUT2D eigenvalue weighted by molar-refractivity contribution is 6.11. The minimum Gasteiger partial charge on any atom is -0.504 e. The van der Waals surface area contributed by atoms with E-state index < -0.39 is 5.75 Å². The summed E-state index contributed by atoms with van der Waals surface area (Å²) in [6.45, 7) is 0.238. The van der Waals surface area contributed by atoms with Gasteiger partial charge in [-0.15, -0.1) is 0 Å². The second-order valence-corrected chi connectivity index (χ2v) is 3.86. The van der Waals surface area contributed by atoms with Crippen LogP contribution in [0.5, 0.6) is 11.5 Å². The predicted octanol–water partition coefficient (Wildman–Crippen LogP) is 1.79. The quantitative estimate of drug-likeness (QED) is 0.567. The van der Waals surface area contributed by atoms with Crippen LogP contribution in [0.2, 0.25) is 0 Å². The Bertz CT molecular complexity index is 593. The zero-order valence-electron chi connectivity index (χ0n) is 9.63. The Morgan fingerprint density at radius 2 is 1.67 bits per heavy atom. The van der Waals surface area contributed by atoms with E-state index in [4.69, 9.17) is 5.73 Å². The molecule has 0 radical (unpaired) electrons. The smallest absolute Gasteiger partial charge is 0.197 e. The molecular formula is C14H13NO3. The van der Waals surface area contributed by atoms with Crippen LogP contribution in [0.1, 0.15) is 21.5 Å². The first kappa shape index (κ1) is 12.1. The minimum atomic E-state index is -0.408. The van der Waals surface area contributed by atoms with Gasteiger partial charge in [0.2, 0.25) is 0 Å². The van der Waals surface area contributed by atoms with E-state index in [1.54, 1.807) is 24.3 Å². The number of carbonyl (C=O) groups excluding carboxylic acids is 1. The van der Waals surface area contributed by atoms with E-state index in [2.05, 4.69) is 0 Å². The molecule has 0 aliphatic carbocycles. The summed E-state index contributed by atoms with van der Waals surface area (Å²) in [6.07, 6.45) is 0. The highest BCUT2D eigenvalue weighted by atomic mass is 16.3. The van der Waals surface area contributed by atoms with Crippen LogP contribution in [0.25, 0.3) is 0 Å². The molecule has 0 spiro atoms. The van der Waals surface area contributed by atoms with Crippen LogP contribution < -0.4 is 5.73 Å². The van der Waals surface area contributed by atoms with E-state index in [0.717, 1.165) is 0 Å². The topological polar surface area (TPSA) is 83.6 Å². The number of nitrogens with two attached hydrogens (primary N) is 1. The zero-order valence-corrected chi connectivity index (χ0v) is 9.63. The standard InChI is InChI=1S/C14H13NO3/c15-8-9-4-1-2-5-10(9)13(17)11-6-3-7-12(16)14(11)18/h1-7,16,18H,8,15H2. The van der Waals surface area contributed by atoms with Crippen molar-refractivity contribution in [3.05, 3.63) is 59.2 Å². The SMILES string of the molecule is NCc1ccccc1C(=O)c1cccc(O)c1O. The van der Waals surface area contributed by atoms with E-state index >= 15 is 0 Å². The molecule has 0 heterocycles. The summed E-state index contributed by atoms with van der Waals surface area (Å²) in [5.41, 5.74) is 6.77. The lowest BCUT2D eigenvalue weighted by atomic mass is 9.97. The van der Waals surface area contributed by atoms with Gasteiger partial charge in [-0.05, 0) is 17.7 Å². The van der Waals surface area contributed by atoms with E-state index in [9.17, 15) is 15.0 Å². The Labute approximate surface area is 104 Å². The maximum Gasteiger partial charge on any atom is 0.197 e. The fourth-order valence-corrected chi connectivity index (χ4v) is 1.78. The monoisotopic (exact) mass is 243 g/mol. The van der Waals surface area contributed by atoms with Gasteiger partial charge in [0.15, 0.2) is 17.3 Å². The van der Waals surface area contributed by atoms with Crippen molar-refractivity contribution in [3.8, 4) is 11.5 Å². The van der Waals surface area contributed by atoms with Crippen molar-refractivity contribution in [2.45, 2.75) is 6.54 Å². The minimum absolute atomic E-state index is 0.0656. The third kappa shape index (κ3) is 2.06. The van der Waals surface area contributed by atoms with Crippen LogP contribution in [0.3, 0.4) is 0 Å². The molecule has 0 atom stereocenters. The Balaban J connectivity index is 2.52. The third-order valence-electron chi connectivity index (χ3n) is 2.74. The number of para-hydroxylation sites is 1. The van der Waals surface area contributed by atoms with Gasteiger partial charge in [-0.2, -0.15) is 0 Å². The molecule has 0 fully saturated rings. The third-order valence-corrected chi connectivity index (χ3v) is 2.74. The van der Waals surface area contributed by atoms with Gasteiger partial charge < -0.3 is 15.9 Å². The molecule has 0 amide bonds. The van der Waals surface area contributed by atoms with E-state index in [1.165, 1.54) is 18.2 Å². The number of aromatic hydroxyl groups is 2. The molecule has 4 heteroatoms. The first-order chi connectivity index (χ1) is 8.65. The van der Waals surface area contributed by atoms with Crippen LogP contribution >= 0.6 is 0 Å². The Hall–Kier alpha value is -2.33. The van der Waals surface area contributed by atoms with Crippen molar-refractivity contribution in [3.63, 3.8) is 0 Å². The highest BCUT2D eigenvalue weighted by Crippen LogP contribution is 2.30. The average Bonchev–Trinajstić information content (AvgIpc) is 2.41. The molecule has 2 aromatic carbocycles. The van der Waals surface area contributed by atoms with Crippen LogP contribution in [0.4, 0.5) is 0 Å². The lowest BCUT2D eigenvalue weighted by Gasteiger charge is -2.08. The van der Waals surface area contributed by atoms with Crippen LogP contribution in [0.15, 0.2) is 42.5 Å². The molecule has 0 aromatic heterocycles. The van der Waals surface area contributed by atoms with Gasteiger partial charge in [0, 0.05) is 12.1 Å². The maximum absolute atomic E-state index is 12.3. The maximum atomic E-state index is 12.3. The summed E-state index contributed by atoms with van der Waals surface area (Å²) in [5.74, 6) is -1.08. The fraction of sp³-hybridized carbons (Fsp3) is 0.0714. The lowest BCUT2D eigenvalue weighted by molar-refractivity contribution is 0.103. The number of hydrogen-bond donors (Lipinski definition) is 3. The number of rotatable bonds is 3. The Morgan fingerprint density at radius 3 is 2.39 bits per heavy atom. The molecule has 92 valence electrons. The summed E-state index contributed by atoms with van der Waals surface area (Å²) < 4.78 is 0. The summed E-state index contributed by atoms with van der Waals surface area (Å²) >= 11 is 0. The molecule has 0 saturated carbocycles. The molecular weight excluding hydrogens is 230 g/mol. The molecule has 4 nitrogen and oxygen atoms in total. The number of phenols is 2. The number of carbonyl (C=O) groups is 1. The molecule has 0 unspecified atom stereocenters. The van der Waals surface area contributed by atoms with Crippen molar-refractivity contribution in [2.75, 3.05) is 0 Å². The van der Waals surface area contributed by atoms with Gasteiger partial charge >= 0.3 is 0 Å². The van der Waals surface area contributed by atoms with Crippen molar-refractivity contribution in [1.82, 2.24) is 0 Å². The molecule has 0 saturated heterocycles. The summed E-state index contributed by atoms with van der Waals surface area (Å²) in [4.78, 5) is 12.3. The zero-order chi connectivity index (χ0) is 13.1. The van der Waals surface area contributed by atoms with Crippen LogP contribution in [-0.2, 0) is 6.54 Å². The van der Waals surface area contributed by atoms with Gasteiger partial charge in [0.1, 0.15) is 0 Å². The van der Waals surface area contributed by atoms with Gasteiger partial charge in [-0.25, -0.2) is 0 Å². The van der Waals surface area contributed by atoms with E-state index in [0.29, 0.717) is 11.1 Å². The van der Waals surface area contributed by atoms with Crippen molar-refractivity contribution >= 4 is 5.78 Å².